The Labute approximate surface area is 163 Å². The molecular formula is C21H22N6O. The largest absolute Gasteiger partial charge is 0.370 e. The van der Waals surface area contributed by atoms with Crippen LogP contribution in [0.25, 0.3) is 11.1 Å². The highest BCUT2D eigenvalue weighted by Gasteiger charge is 2.26. The summed E-state index contributed by atoms with van der Waals surface area (Å²) >= 11 is 0. The standard InChI is InChI=1S/C21H22N6O/c1-25-13-17(6-7-19(25)28)18-5-3-4-16(12-22)20(18)27-10-8-15(9-11-27)21-24-23-14-26(21)2/h3-7,13-15H,8-11H2,1-2H3. The molecule has 3 aromatic rings. The molecule has 142 valence electrons. The van der Waals surface area contributed by atoms with Gasteiger partial charge in [-0.15, -0.1) is 10.2 Å². The lowest BCUT2D eigenvalue weighted by Crippen LogP contribution is -2.34. The van der Waals surface area contributed by atoms with Crippen LogP contribution in [0.5, 0.6) is 0 Å². The number of anilines is 1. The van der Waals surface area contributed by atoms with Crippen LogP contribution in [0.1, 0.15) is 30.1 Å². The van der Waals surface area contributed by atoms with Crippen molar-refractivity contribution in [3.63, 3.8) is 0 Å². The summed E-state index contributed by atoms with van der Waals surface area (Å²) in [6, 6.07) is 11.5. The first kappa shape index (κ1) is 18.0. The van der Waals surface area contributed by atoms with Crippen molar-refractivity contribution in [3.8, 4) is 17.2 Å². The van der Waals surface area contributed by atoms with Gasteiger partial charge in [0.25, 0.3) is 0 Å². The van der Waals surface area contributed by atoms with E-state index in [4.69, 9.17) is 0 Å². The van der Waals surface area contributed by atoms with Crippen molar-refractivity contribution in [2.75, 3.05) is 18.0 Å². The summed E-state index contributed by atoms with van der Waals surface area (Å²) in [7, 11) is 3.72. The van der Waals surface area contributed by atoms with Crippen molar-refractivity contribution in [1.82, 2.24) is 19.3 Å². The van der Waals surface area contributed by atoms with E-state index < -0.39 is 0 Å². The van der Waals surface area contributed by atoms with Gasteiger partial charge in [-0.1, -0.05) is 12.1 Å². The summed E-state index contributed by atoms with van der Waals surface area (Å²) in [5.41, 5.74) is 3.46. The van der Waals surface area contributed by atoms with Gasteiger partial charge in [0.1, 0.15) is 18.2 Å². The second-order valence-electron chi connectivity index (χ2n) is 7.24. The zero-order chi connectivity index (χ0) is 19.7. The highest BCUT2D eigenvalue weighted by molar-refractivity contribution is 5.82. The first-order chi connectivity index (χ1) is 13.6. The molecule has 4 rings (SSSR count). The second kappa shape index (κ2) is 7.31. The lowest BCUT2D eigenvalue weighted by atomic mass is 9.93. The molecule has 0 radical (unpaired) electrons. The second-order valence-corrected chi connectivity index (χ2v) is 7.24. The number of hydrogen-bond donors (Lipinski definition) is 0. The van der Waals surface area contributed by atoms with E-state index in [-0.39, 0.29) is 5.56 Å². The van der Waals surface area contributed by atoms with Gasteiger partial charge in [-0.25, -0.2) is 0 Å². The van der Waals surface area contributed by atoms with Crippen LogP contribution < -0.4 is 10.5 Å². The number of pyridine rings is 1. The molecule has 0 unspecified atom stereocenters. The van der Waals surface area contributed by atoms with Gasteiger partial charge < -0.3 is 14.0 Å². The fourth-order valence-electron chi connectivity index (χ4n) is 3.98. The molecule has 0 saturated carbocycles. The number of aryl methyl sites for hydroxylation is 2. The van der Waals surface area contributed by atoms with Crippen LogP contribution in [-0.2, 0) is 14.1 Å². The number of benzene rings is 1. The Morgan fingerprint density at radius 2 is 1.89 bits per heavy atom. The third kappa shape index (κ3) is 3.18. The average Bonchev–Trinajstić information content (AvgIpc) is 3.15. The Hall–Kier alpha value is -3.40. The van der Waals surface area contributed by atoms with E-state index in [0.717, 1.165) is 48.6 Å². The fourth-order valence-corrected chi connectivity index (χ4v) is 3.98. The van der Waals surface area contributed by atoms with Crippen molar-refractivity contribution >= 4 is 5.69 Å². The minimum Gasteiger partial charge on any atom is -0.370 e. The zero-order valence-corrected chi connectivity index (χ0v) is 16.0. The molecule has 3 heterocycles. The van der Waals surface area contributed by atoms with E-state index in [2.05, 4.69) is 21.2 Å². The SMILES string of the molecule is Cn1cnnc1C1CCN(c2c(C#N)cccc2-c2ccc(=O)n(C)c2)CC1. The summed E-state index contributed by atoms with van der Waals surface area (Å²) in [6.07, 6.45) is 5.48. The maximum Gasteiger partial charge on any atom is 0.250 e. The Bertz CT molecular complexity index is 1100. The normalized spacial score (nSPS) is 14.8. The molecular weight excluding hydrogens is 352 g/mol. The fraction of sp³-hybridized carbons (Fsp3) is 0.333. The summed E-state index contributed by atoms with van der Waals surface area (Å²) in [5, 5.41) is 18.0. The Balaban J connectivity index is 1.68. The first-order valence-electron chi connectivity index (χ1n) is 9.37. The van der Waals surface area contributed by atoms with Gasteiger partial charge in [-0.2, -0.15) is 5.26 Å². The van der Waals surface area contributed by atoms with Crippen molar-refractivity contribution in [1.29, 1.82) is 5.26 Å². The van der Waals surface area contributed by atoms with Crippen molar-refractivity contribution < 1.29 is 0 Å². The van der Waals surface area contributed by atoms with Crippen LogP contribution in [0.3, 0.4) is 0 Å². The molecule has 1 saturated heterocycles. The lowest BCUT2D eigenvalue weighted by molar-refractivity contribution is 0.474. The third-order valence-electron chi connectivity index (χ3n) is 5.48. The van der Waals surface area contributed by atoms with E-state index >= 15 is 0 Å². The minimum atomic E-state index is -0.0498. The van der Waals surface area contributed by atoms with Crippen molar-refractivity contribution in [3.05, 3.63) is 64.6 Å². The molecule has 0 aliphatic carbocycles. The average molecular weight is 374 g/mol. The summed E-state index contributed by atoms with van der Waals surface area (Å²) in [6.45, 7) is 1.68. The quantitative estimate of drug-likeness (QED) is 0.703. The van der Waals surface area contributed by atoms with Gasteiger partial charge in [-0.05, 0) is 25.0 Å². The van der Waals surface area contributed by atoms with Crippen LogP contribution in [0.2, 0.25) is 0 Å². The summed E-state index contributed by atoms with van der Waals surface area (Å²) < 4.78 is 3.55. The van der Waals surface area contributed by atoms with Crippen LogP contribution in [-0.4, -0.2) is 32.4 Å². The lowest BCUT2D eigenvalue weighted by Gasteiger charge is -2.35. The Morgan fingerprint density at radius 3 is 2.54 bits per heavy atom. The minimum absolute atomic E-state index is 0.0498. The number of nitrogens with zero attached hydrogens (tertiary/aromatic N) is 6. The van der Waals surface area contributed by atoms with E-state index in [1.54, 1.807) is 24.0 Å². The van der Waals surface area contributed by atoms with Gasteiger partial charge in [0.05, 0.1) is 11.3 Å². The highest BCUT2D eigenvalue weighted by Crippen LogP contribution is 2.37. The van der Waals surface area contributed by atoms with E-state index in [9.17, 15) is 10.1 Å². The monoisotopic (exact) mass is 374 g/mol. The zero-order valence-electron chi connectivity index (χ0n) is 16.0. The number of piperidine rings is 1. The molecule has 1 aromatic carbocycles. The number of rotatable bonds is 3. The Kier molecular flexibility index (Phi) is 4.70. The maximum absolute atomic E-state index is 11.8. The molecule has 0 spiro atoms. The van der Waals surface area contributed by atoms with E-state index in [0.29, 0.717) is 11.5 Å². The molecule has 1 aliphatic rings. The van der Waals surface area contributed by atoms with E-state index in [1.807, 2.05) is 42.1 Å². The van der Waals surface area contributed by atoms with Crippen molar-refractivity contribution in [2.45, 2.75) is 18.8 Å². The van der Waals surface area contributed by atoms with E-state index in [1.165, 1.54) is 0 Å². The van der Waals surface area contributed by atoms with Crippen molar-refractivity contribution in [2.24, 2.45) is 14.1 Å². The summed E-state index contributed by atoms with van der Waals surface area (Å²) in [4.78, 5) is 14.1. The molecule has 2 aromatic heterocycles. The number of aromatic nitrogens is 4. The molecule has 0 amide bonds. The number of nitriles is 1. The molecule has 1 aliphatic heterocycles. The van der Waals surface area contributed by atoms with Gasteiger partial charge >= 0.3 is 0 Å². The predicted octanol–water partition coefficient (Wildman–Crippen LogP) is 2.44. The van der Waals surface area contributed by atoms with Crippen LogP contribution >= 0.6 is 0 Å². The number of hydrogen-bond acceptors (Lipinski definition) is 5. The molecule has 0 atom stereocenters. The molecule has 7 heteroatoms. The topological polar surface area (TPSA) is 79.7 Å². The first-order valence-corrected chi connectivity index (χ1v) is 9.37. The highest BCUT2D eigenvalue weighted by atomic mass is 16.1. The maximum atomic E-state index is 11.8. The molecule has 7 nitrogen and oxygen atoms in total. The predicted molar refractivity (Wildman–Crippen MR) is 107 cm³/mol. The van der Waals surface area contributed by atoms with Crippen LogP contribution in [0.15, 0.2) is 47.7 Å². The molecule has 1 fully saturated rings. The van der Waals surface area contributed by atoms with Gasteiger partial charge in [0.15, 0.2) is 0 Å². The smallest absolute Gasteiger partial charge is 0.250 e. The molecule has 0 bridgehead atoms. The van der Waals surface area contributed by atoms with Gasteiger partial charge in [0, 0.05) is 56.5 Å². The van der Waals surface area contributed by atoms with Crippen LogP contribution in [0.4, 0.5) is 5.69 Å². The number of para-hydroxylation sites is 1. The summed E-state index contributed by atoms with van der Waals surface area (Å²) in [5.74, 6) is 1.39. The van der Waals surface area contributed by atoms with Crippen LogP contribution in [0, 0.1) is 11.3 Å². The molecule has 28 heavy (non-hydrogen) atoms. The molecule has 0 N–H and O–H groups in total. The Morgan fingerprint density at radius 1 is 1.11 bits per heavy atom. The van der Waals surface area contributed by atoms with Gasteiger partial charge in [0.2, 0.25) is 5.56 Å². The van der Waals surface area contributed by atoms with Gasteiger partial charge in [-0.3, -0.25) is 4.79 Å². The third-order valence-corrected chi connectivity index (χ3v) is 5.48.